The number of fused-ring (bicyclic) bond motifs is 1. The van der Waals surface area contributed by atoms with Gasteiger partial charge in [-0.05, 0) is 54.0 Å². The summed E-state index contributed by atoms with van der Waals surface area (Å²) in [6, 6.07) is 6.21. The van der Waals surface area contributed by atoms with Crippen molar-refractivity contribution >= 4 is 5.91 Å². The van der Waals surface area contributed by atoms with E-state index in [0.29, 0.717) is 23.5 Å². The molecule has 0 spiro atoms. The van der Waals surface area contributed by atoms with Gasteiger partial charge in [-0.3, -0.25) is 4.79 Å². The second-order valence-corrected chi connectivity index (χ2v) is 7.16. The van der Waals surface area contributed by atoms with Gasteiger partial charge < -0.3 is 5.32 Å². The second kappa shape index (κ2) is 7.67. The highest BCUT2D eigenvalue weighted by atomic mass is 19.1. The van der Waals surface area contributed by atoms with Crippen LogP contribution in [0, 0.1) is 11.6 Å². The maximum absolute atomic E-state index is 13.7. The molecule has 0 bridgehead atoms. The first kappa shape index (κ1) is 19.0. The molecule has 5 rings (SSSR count). The second-order valence-electron chi connectivity index (χ2n) is 7.16. The number of carbonyl (C=O) groups is 1. The standard InChI is InChI=1S/C20H16F2N8O/c21-13-7-14(22)9-15(8-13)30-18-3-1-2-17(16(18)10-25-30)26-20(31)12-4-5-23-19(6-12)29-11-24-27-28-29/h4-11,17H,1-3H2,(H,26,31)/t17-/m1/s1. The lowest BCUT2D eigenvalue weighted by Gasteiger charge is -2.24. The predicted octanol–water partition coefficient (Wildman–Crippen LogP) is 2.33. The van der Waals surface area contributed by atoms with E-state index in [1.165, 1.54) is 34.0 Å². The smallest absolute Gasteiger partial charge is 0.251 e. The summed E-state index contributed by atoms with van der Waals surface area (Å²) in [7, 11) is 0. The summed E-state index contributed by atoms with van der Waals surface area (Å²) in [5, 5.41) is 18.3. The quantitative estimate of drug-likeness (QED) is 0.541. The summed E-state index contributed by atoms with van der Waals surface area (Å²) in [5.41, 5.74) is 2.38. The topological polar surface area (TPSA) is 103 Å². The minimum atomic E-state index is -0.670. The average molecular weight is 422 g/mol. The molecule has 1 atom stereocenters. The number of benzene rings is 1. The summed E-state index contributed by atoms with van der Waals surface area (Å²) in [4.78, 5) is 17.0. The van der Waals surface area contributed by atoms with E-state index < -0.39 is 11.6 Å². The number of amides is 1. The van der Waals surface area contributed by atoms with Crippen LogP contribution in [0.2, 0.25) is 0 Å². The monoisotopic (exact) mass is 422 g/mol. The van der Waals surface area contributed by atoms with Crippen LogP contribution in [0.3, 0.4) is 0 Å². The van der Waals surface area contributed by atoms with E-state index >= 15 is 0 Å². The minimum Gasteiger partial charge on any atom is -0.345 e. The van der Waals surface area contributed by atoms with Crippen LogP contribution < -0.4 is 5.32 Å². The third kappa shape index (κ3) is 3.65. The Bertz CT molecular complexity index is 1230. The number of hydrogen-bond donors (Lipinski definition) is 1. The Labute approximate surface area is 174 Å². The van der Waals surface area contributed by atoms with E-state index in [1.807, 2.05) is 0 Å². The number of tetrazole rings is 1. The molecule has 9 nitrogen and oxygen atoms in total. The van der Waals surface area contributed by atoms with E-state index in [0.717, 1.165) is 30.2 Å². The molecule has 11 heteroatoms. The number of halogens is 2. The Morgan fingerprint density at radius 2 is 2.00 bits per heavy atom. The summed E-state index contributed by atoms with van der Waals surface area (Å²) in [6.45, 7) is 0. The minimum absolute atomic E-state index is 0.270. The number of nitrogens with one attached hydrogen (secondary N) is 1. The van der Waals surface area contributed by atoms with E-state index in [2.05, 4.69) is 30.9 Å². The van der Waals surface area contributed by atoms with Crippen LogP contribution in [0.25, 0.3) is 11.5 Å². The van der Waals surface area contributed by atoms with Gasteiger partial charge in [0.1, 0.15) is 18.0 Å². The SMILES string of the molecule is O=C(N[C@@H]1CCCc2c1cnn2-c1cc(F)cc(F)c1)c1ccnc(-n2cnnn2)c1. The zero-order valence-electron chi connectivity index (χ0n) is 16.1. The van der Waals surface area contributed by atoms with Gasteiger partial charge in [0.25, 0.3) is 5.91 Å². The zero-order chi connectivity index (χ0) is 21.4. The molecule has 1 aliphatic rings. The van der Waals surface area contributed by atoms with Crippen LogP contribution in [-0.2, 0) is 6.42 Å². The summed E-state index contributed by atoms with van der Waals surface area (Å²) >= 11 is 0. The fourth-order valence-electron chi connectivity index (χ4n) is 3.78. The molecular weight excluding hydrogens is 406 g/mol. The van der Waals surface area contributed by atoms with Crippen molar-refractivity contribution in [2.45, 2.75) is 25.3 Å². The van der Waals surface area contributed by atoms with Gasteiger partial charge in [-0.2, -0.15) is 9.78 Å². The number of hydrogen-bond acceptors (Lipinski definition) is 6. The Balaban J connectivity index is 1.41. The molecule has 0 aliphatic heterocycles. The summed E-state index contributed by atoms with van der Waals surface area (Å²) in [6.07, 6.45) is 6.76. The lowest BCUT2D eigenvalue weighted by molar-refractivity contribution is 0.0932. The van der Waals surface area contributed by atoms with Crippen LogP contribution in [0.5, 0.6) is 0 Å². The maximum atomic E-state index is 13.7. The molecule has 156 valence electrons. The molecule has 1 amide bonds. The molecule has 0 fully saturated rings. The van der Waals surface area contributed by atoms with Crippen LogP contribution in [0.1, 0.15) is 40.5 Å². The van der Waals surface area contributed by atoms with E-state index in [4.69, 9.17) is 0 Å². The first-order valence-electron chi connectivity index (χ1n) is 9.62. The Hall–Kier alpha value is -4.02. The van der Waals surface area contributed by atoms with E-state index in [9.17, 15) is 13.6 Å². The molecule has 1 aliphatic carbocycles. The fourth-order valence-corrected chi connectivity index (χ4v) is 3.78. The van der Waals surface area contributed by atoms with Gasteiger partial charge >= 0.3 is 0 Å². The van der Waals surface area contributed by atoms with Gasteiger partial charge in [0.15, 0.2) is 5.82 Å². The summed E-state index contributed by atoms with van der Waals surface area (Å²) in [5.74, 6) is -1.20. The van der Waals surface area contributed by atoms with E-state index in [1.54, 1.807) is 18.3 Å². The molecule has 31 heavy (non-hydrogen) atoms. The van der Waals surface area contributed by atoms with Crippen molar-refractivity contribution in [3.05, 3.63) is 77.5 Å². The third-order valence-electron chi connectivity index (χ3n) is 5.17. The van der Waals surface area contributed by atoms with Crippen LogP contribution >= 0.6 is 0 Å². The third-order valence-corrected chi connectivity index (χ3v) is 5.17. The number of aromatic nitrogens is 7. The largest absolute Gasteiger partial charge is 0.345 e. The molecule has 4 aromatic rings. The Morgan fingerprint density at radius 3 is 2.77 bits per heavy atom. The van der Waals surface area contributed by atoms with Crippen LogP contribution in [0.15, 0.2) is 49.1 Å². The van der Waals surface area contributed by atoms with E-state index in [-0.39, 0.29) is 11.9 Å². The average Bonchev–Trinajstić information content (AvgIpc) is 3.44. The molecule has 0 saturated heterocycles. The molecule has 3 heterocycles. The molecule has 0 saturated carbocycles. The van der Waals surface area contributed by atoms with Gasteiger partial charge in [-0.15, -0.1) is 5.10 Å². The van der Waals surface area contributed by atoms with Crippen LogP contribution in [0.4, 0.5) is 8.78 Å². The van der Waals surface area contributed by atoms with Crippen molar-refractivity contribution in [2.75, 3.05) is 0 Å². The van der Waals surface area contributed by atoms with Crippen molar-refractivity contribution in [1.82, 2.24) is 40.3 Å². The molecule has 1 aromatic carbocycles. The van der Waals surface area contributed by atoms with Crippen molar-refractivity contribution in [3.8, 4) is 11.5 Å². The van der Waals surface area contributed by atoms with Gasteiger partial charge in [0.05, 0.1) is 17.9 Å². The molecular formula is C20H16F2N8O. The normalized spacial score (nSPS) is 15.5. The fraction of sp³-hybridized carbons (Fsp3) is 0.200. The Morgan fingerprint density at radius 1 is 1.16 bits per heavy atom. The van der Waals surface area contributed by atoms with Gasteiger partial charge in [0.2, 0.25) is 0 Å². The molecule has 0 unspecified atom stereocenters. The number of nitrogens with zero attached hydrogens (tertiary/aromatic N) is 7. The first-order valence-corrected chi connectivity index (χ1v) is 9.62. The van der Waals surface area contributed by atoms with Crippen molar-refractivity contribution < 1.29 is 13.6 Å². The van der Waals surface area contributed by atoms with Crippen molar-refractivity contribution in [3.63, 3.8) is 0 Å². The Kier molecular flexibility index (Phi) is 4.69. The highest BCUT2D eigenvalue weighted by Crippen LogP contribution is 2.31. The molecule has 1 N–H and O–H groups in total. The zero-order valence-corrected chi connectivity index (χ0v) is 16.1. The van der Waals surface area contributed by atoms with Gasteiger partial charge in [-0.1, -0.05) is 0 Å². The lowest BCUT2D eigenvalue weighted by Crippen LogP contribution is -2.31. The first-order chi connectivity index (χ1) is 15.1. The van der Waals surface area contributed by atoms with Crippen molar-refractivity contribution in [1.29, 1.82) is 0 Å². The highest BCUT2D eigenvalue weighted by molar-refractivity contribution is 5.94. The maximum Gasteiger partial charge on any atom is 0.251 e. The number of pyridine rings is 1. The number of carbonyl (C=O) groups excluding carboxylic acids is 1. The molecule has 3 aromatic heterocycles. The molecule has 0 radical (unpaired) electrons. The lowest BCUT2D eigenvalue weighted by atomic mass is 9.92. The van der Waals surface area contributed by atoms with Gasteiger partial charge in [0, 0.05) is 29.1 Å². The van der Waals surface area contributed by atoms with Crippen LogP contribution in [-0.4, -0.2) is 40.9 Å². The van der Waals surface area contributed by atoms with Gasteiger partial charge in [-0.25, -0.2) is 18.4 Å². The predicted molar refractivity (Wildman–Crippen MR) is 104 cm³/mol. The number of rotatable bonds is 4. The van der Waals surface area contributed by atoms with Crippen molar-refractivity contribution in [2.24, 2.45) is 0 Å². The highest BCUT2D eigenvalue weighted by Gasteiger charge is 2.27. The summed E-state index contributed by atoms with van der Waals surface area (Å²) < 4.78 is 30.2.